The Labute approximate surface area is 144 Å². The van der Waals surface area contributed by atoms with Crippen molar-refractivity contribution in [3.8, 4) is 0 Å². The van der Waals surface area contributed by atoms with Gasteiger partial charge in [0.15, 0.2) is 0 Å². The summed E-state index contributed by atoms with van der Waals surface area (Å²) < 4.78 is 52.9. The molecule has 1 saturated heterocycles. The van der Waals surface area contributed by atoms with Crippen molar-refractivity contribution in [1.29, 1.82) is 0 Å². The van der Waals surface area contributed by atoms with Crippen LogP contribution >= 0.6 is 0 Å². The molecule has 0 aliphatic carbocycles. The van der Waals surface area contributed by atoms with Crippen molar-refractivity contribution in [2.45, 2.75) is 18.7 Å². The van der Waals surface area contributed by atoms with Gasteiger partial charge in [0.1, 0.15) is 0 Å². The largest absolute Gasteiger partial charge is 0.304 e. The molecule has 136 valence electrons. The van der Waals surface area contributed by atoms with E-state index in [9.17, 15) is 16.8 Å². The number of aryl methyl sites for hydroxylation is 2. The zero-order valence-corrected chi connectivity index (χ0v) is 16.0. The summed E-state index contributed by atoms with van der Waals surface area (Å²) >= 11 is 0. The van der Waals surface area contributed by atoms with E-state index in [2.05, 4.69) is 9.62 Å². The van der Waals surface area contributed by atoms with Gasteiger partial charge in [0, 0.05) is 32.7 Å². The molecule has 1 N–H and O–H groups in total. The van der Waals surface area contributed by atoms with Crippen LogP contribution in [0.4, 0.5) is 0 Å². The Morgan fingerprint density at radius 1 is 1.00 bits per heavy atom. The minimum Gasteiger partial charge on any atom is -0.304 e. The van der Waals surface area contributed by atoms with Crippen LogP contribution in [0.15, 0.2) is 23.1 Å². The Kier molecular flexibility index (Phi) is 6.03. The third-order valence-corrected chi connectivity index (χ3v) is 7.63. The van der Waals surface area contributed by atoms with Crippen LogP contribution in [-0.4, -0.2) is 71.6 Å². The Morgan fingerprint density at radius 3 is 2.21 bits per heavy atom. The van der Waals surface area contributed by atoms with Gasteiger partial charge in [-0.1, -0.05) is 6.07 Å². The van der Waals surface area contributed by atoms with Crippen molar-refractivity contribution in [3.05, 3.63) is 29.3 Å². The Hall–Kier alpha value is -1.00. The molecule has 0 amide bonds. The molecule has 1 aliphatic heterocycles. The molecule has 0 bridgehead atoms. The number of likely N-dealkylation sites (N-methyl/N-ethyl adjacent to an activating group) is 1. The van der Waals surface area contributed by atoms with Crippen LogP contribution in [-0.2, 0) is 20.0 Å². The molecule has 1 aromatic rings. The standard InChI is InChI=1S/C15H25N3O4S2/c1-13-4-5-15(12-14(13)2)24(21,22)16-6-11-23(19,20)18-9-7-17(3)8-10-18/h4-5,12,16H,6-11H2,1-3H3. The van der Waals surface area contributed by atoms with Gasteiger partial charge in [0.2, 0.25) is 20.0 Å². The van der Waals surface area contributed by atoms with Crippen LogP contribution in [0.3, 0.4) is 0 Å². The topological polar surface area (TPSA) is 86.8 Å². The first-order valence-electron chi connectivity index (χ1n) is 7.85. The van der Waals surface area contributed by atoms with E-state index in [0.717, 1.165) is 11.1 Å². The molecule has 0 unspecified atom stereocenters. The molecule has 0 radical (unpaired) electrons. The van der Waals surface area contributed by atoms with Gasteiger partial charge in [0.25, 0.3) is 0 Å². The summed E-state index contributed by atoms with van der Waals surface area (Å²) in [5.41, 5.74) is 1.88. The quantitative estimate of drug-likeness (QED) is 0.765. The number of piperazine rings is 1. The highest BCUT2D eigenvalue weighted by molar-refractivity contribution is 7.90. The minimum absolute atomic E-state index is 0.135. The number of hydrogen-bond acceptors (Lipinski definition) is 5. The van der Waals surface area contributed by atoms with Gasteiger partial charge in [-0.25, -0.2) is 21.6 Å². The second-order valence-electron chi connectivity index (χ2n) is 6.16. The normalized spacial score (nSPS) is 18.0. The number of benzene rings is 1. The maximum absolute atomic E-state index is 12.3. The highest BCUT2D eigenvalue weighted by atomic mass is 32.2. The van der Waals surface area contributed by atoms with E-state index >= 15 is 0 Å². The first-order chi connectivity index (χ1) is 11.1. The van der Waals surface area contributed by atoms with Gasteiger partial charge in [0.05, 0.1) is 10.6 Å². The third kappa shape index (κ3) is 4.76. The molecule has 0 spiro atoms. The summed E-state index contributed by atoms with van der Waals surface area (Å²) in [6.07, 6.45) is 0. The third-order valence-electron chi connectivity index (χ3n) is 4.30. The van der Waals surface area contributed by atoms with Crippen LogP contribution < -0.4 is 4.72 Å². The Balaban J connectivity index is 1.96. The van der Waals surface area contributed by atoms with Gasteiger partial charge in [-0.2, -0.15) is 4.31 Å². The Morgan fingerprint density at radius 2 is 1.62 bits per heavy atom. The van der Waals surface area contributed by atoms with E-state index in [1.54, 1.807) is 12.1 Å². The van der Waals surface area contributed by atoms with Crippen molar-refractivity contribution >= 4 is 20.0 Å². The molecule has 1 aromatic carbocycles. The summed E-state index contributed by atoms with van der Waals surface area (Å²) in [4.78, 5) is 2.22. The predicted octanol–water partition coefficient (Wildman–Crippen LogP) is 0.159. The summed E-state index contributed by atoms with van der Waals surface area (Å²) in [5, 5.41) is 0. The summed E-state index contributed by atoms with van der Waals surface area (Å²) in [6.45, 7) is 5.88. The maximum Gasteiger partial charge on any atom is 0.240 e. The average Bonchev–Trinajstić information content (AvgIpc) is 2.50. The van der Waals surface area contributed by atoms with Crippen LogP contribution in [0, 0.1) is 13.8 Å². The molecular formula is C15H25N3O4S2. The fourth-order valence-corrected chi connectivity index (χ4v) is 5.05. The van der Waals surface area contributed by atoms with E-state index in [0.29, 0.717) is 26.2 Å². The first-order valence-corrected chi connectivity index (χ1v) is 10.9. The summed E-state index contributed by atoms with van der Waals surface area (Å²) in [7, 11) is -5.20. The van der Waals surface area contributed by atoms with E-state index in [-0.39, 0.29) is 17.2 Å². The van der Waals surface area contributed by atoms with Crippen LogP contribution in [0.1, 0.15) is 11.1 Å². The second-order valence-corrected chi connectivity index (χ2v) is 10.0. The van der Waals surface area contributed by atoms with Crippen molar-refractivity contribution in [2.24, 2.45) is 0 Å². The minimum atomic E-state index is -3.70. The van der Waals surface area contributed by atoms with E-state index < -0.39 is 20.0 Å². The van der Waals surface area contributed by atoms with E-state index in [1.807, 2.05) is 20.9 Å². The fourth-order valence-electron chi connectivity index (χ4n) is 2.46. The monoisotopic (exact) mass is 375 g/mol. The van der Waals surface area contributed by atoms with Crippen LogP contribution in [0.2, 0.25) is 0 Å². The molecule has 1 aliphatic rings. The highest BCUT2D eigenvalue weighted by Gasteiger charge is 2.26. The molecule has 1 heterocycles. The van der Waals surface area contributed by atoms with Gasteiger partial charge in [-0.05, 0) is 44.2 Å². The smallest absolute Gasteiger partial charge is 0.240 e. The average molecular weight is 376 g/mol. The van der Waals surface area contributed by atoms with Gasteiger partial charge < -0.3 is 4.90 Å². The number of sulfonamides is 2. The number of nitrogens with one attached hydrogen (secondary N) is 1. The number of hydrogen-bond donors (Lipinski definition) is 1. The molecule has 1 fully saturated rings. The lowest BCUT2D eigenvalue weighted by atomic mass is 10.1. The van der Waals surface area contributed by atoms with Crippen LogP contribution in [0.5, 0.6) is 0 Å². The molecule has 9 heteroatoms. The van der Waals surface area contributed by atoms with Crippen molar-refractivity contribution in [3.63, 3.8) is 0 Å². The first kappa shape index (κ1) is 19.3. The molecule has 0 aromatic heterocycles. The van der Waals surface area contributed by atoms with Crippen molar-refractivity contribution in [1.82, 2.24) is 13.9 Å². The molecule has 24 heavy (non-hydrogen) atoms. The Bertz CT molecular complexity index is 783. The lowest BCUT2D eigenvalue weighted by Crippen LogP contribution is -2.48. The van der Waals surface area contributed by atoms with Crippen molar-refractivity contribution in [2.75, 3.05) is 45.5 Å². The number of rotatable bonds is 6. The zero-order chi connectivity index (χ0) is 18.0. The lowest BCUT2D eigenvalue weighted by molar-refractivity contribution is 0.222. The van der Waals surface area contributed by atoms with Gasteiger partial charge in [-0.15, -0.1) is 0 Å². The predicted molar refractivity (Wildman–Crippen MR) is 94.0 cm³/mol. The highest BCUT2D eigenvalue weighted by Crippen LogP contribution is 2.14. The SMILES string of the molecule is Cc1ccc(S(=O)(=O)NCCS(=O)(=O)N2CCN(C)CC2)cc1C. The second kappa shape index (κ2) is 7.49. The summed E-state index contributed by atoms with van der Waals surface area (Å²) in [5.74, 6) is -0.235. The van der Waals surface area contributed by atoms with E-state index in [4.69, 9.17) is 0 Å². The van der Waals surface area contributed by atoms with Gasteiger partial charge in [-0.3, -0.25) is 0 Å². The molecule has 0 saturated carbocycles. The lowest BCUT2D eigenvalue weighted by Gasteiger charge is -2.31. The maximum atomic E-state index is 12.3. The number of nitrogens with zero attached hydrogens (tertiary/aromatic N) is 2. The molecule has 0 atom stereocenters. The molecular weight excluding hydrogens is 350 g/mol. The van der Waals surface area contributed by atoms with E-state index in [1.165, 1.54) is 10.4 Å². The molecule has 7 nitrogen and oxygen atoms in total. The zero-order valence-electron chi connectivity index (χ0n) is 14.3. The molecule has 2 rings (SSSR count). The summed E-state index contributed by atoms with van der Waals surface area (Å²) in [6, 6.07) is 4.86. The van der Waals surface area contributed by atoms with Crippen LogP contribution in [0.25, 0.3) is 0 Å². The van der Waals surface area contributed by atoms with Gasteiger partial charge >= 0.3 is 0 Å². The van der Waals surface area contributed by atoms with Crippen molar-refractivity contribution < 1.29 is 16.8 Å². The fraction of sp³-hybridized carbons (Fsp3) is 0.600.